The molecule has 1 aromatic rings. The van der Waals surface area contributed by atoms with Crippen LogP contribution in [0.5, 0.6) is 0 Å². The molecule has 0 saturated carbocycles. The minimum absolute atomic E-state index is 0.0705. The van der Waals surface area contributed by atoms with Crippen molar-refractivity contribution in [2.24, 2.45) is 0 Å². The van der Waals surface area contributed by atoms with Crippen molar-refractivity contribution >= 4 is 17.8 Å². The Morgan fingerprint density at radius 3 is 2.64 bits per heavy atom. The van der Waals surface area contributed by atoms with Gasteiger partial charge in [0.15, 0.2) is 0 Å². The number of esters is 1. The van der Waals surface area contributed by atoms with Crippen molar-refractivity contribution < 1.29 is 19.1 Å². The lowest BCUT2D eigenvalue weighted by atomic mass is 10.2. The second kappa shape index (κ2) is 8.14. The van der Waals surface area contributed by atoms with Crippen molar-refractivity contribution in [2.45, 2.75) is 44.8 Å². The van der Waals surface area contributed by atoms with Crippen LogP contribution in [-0.4, -0.2) is 53.3 Å². The Kier molecular flexibility index (Phi) is 5.68. The smallest absolute Gasteiger partial charge is 0.329 e. The van der Waals surface area contributed by atoms with E-state index in [1.807, 2.05) is 30.3 Å². The highest BCUT2D eigenvalue weighted by Gasteiger charge is 2.35. The molecular formula is C19H24N2O4. The van der Waals surface area contributed by atoms with E-state index in [9.17, 15) is 14.4 Å². The fourth-order valence-corrected chi connectivity index (χ4v) is 3.45. The summed E-state index contributed by atoms with van der Waals surface area (Å²) in [6, 6.07) is 9.01. The molecule has 2 saturated heterocycles. The zero-order valence-corrected chi connectivity index (χ0v) is 14.4. The Labute approximate surface area is 147 Å². The van der Waals surface area contributed by atoms with Gasteiger partial charge in [0.05, 0.1) is 0 Å². The lowest BCUT2D eigenvalue weighted by Gasteiger charge is -2.24. The number of nitrogens with zero attached hydrogens (tertiary/aromatic N) is 2. The molecule has 0 N–H and O–H groups in total. The first-order valence-corrected chi connectivity index (χ1v) is 8.93. The number of hydrogen-bond acceptors (Lipinski definition) is 4. The normalized spacial score (nSPS) is 20.2. The van der Waals surface area contributed by atoms with Crippen LogP contribution in [-0.2, 0) is 25.7 Å². The lowest BCUT2D eigenvalue weighted by Crippen LogP contribution is -2.42. The molecule has 2 aliphatic rings. The molecule has 0 radical (unpaired) electrons. The summed E-state index contributed by atoms with van der Waals surface area (Å²) in [5, 5.41) is 0. The average Bonchev–Trinajstić information content (AvgIpc) is 3.27. The van der Waals surface area contributed by atoms with Crippen LogP contribution in [0.15, 0.2) is 30.3 Å². The number of ether oxygens (including phenoxy) is 1. The van der Waals surface area contributed by atoms with Crippen molar-refractivity contribution in [2.75, 3.05) is 19.6 Å². The Morgan fingerprint density at radius 1 is 1.12 bits per heavy atom. The van der Waals surface area contributed by atoms with Gasteiger partial charge in [0.2, 0.25) is 11.8 Å². The third kappa shape index (κ3) is 4.38. The minimum atomic E-state index is -0.495. The van der Waals surface area contributed by atoms with Gasteiger partial charge in [-0.05, 0) is 24.8 Å². The van der Waals surface area contributed by atoms with E-state index >= 15 is 0 Å². The molecule has 0 bridgehead atoms. The van der Waals surface area contributed by atoms with Crippen molar-refractivity contribution in [3.63, 3.8) is 0 Å². The standard InChI is InChI=1S/C19H24N2O4/c22-17-9-5-11-20(17)13-10-18(23)21-12-4-8-16(21)19(24)25-14-15-6-2-1-3-7-15/h1-3,6-7,16H,4-5,8-14H2/t16-/m1/s1. The number of carbonyl (C=O) groups is 3. The fraction of sp³-hybridized carbons (Fsp3) is 0.526. The van der Waals surface area contributed by atoms with E-state index in [-0.39, 0.29) is 30.8 Å². The van der Waals surface area contributed by atoms with Crippen LogP contribution >= 0.6 is 0 Å². The molecule has 3 rings (SSSR count). The topological polar surface area (TPSA) is 66.9 Å². The molecule has 0 aromatic heterocycles. The van der Waals surface area contributed by atoms with E-state index in [2.05, 4.69) is 0 Å². The molecule has 6 heteroatoms. The third-order valence-electron chi connectivity index (χ3n) is 4.84. The second-order valence-corrected chi connectivity index (χ2v) is 6.57. The van der Waals surface area contributed by atoms with Gasteiger partial charge in [0.25, 0.3) is 0 Å². The Hall–Kier alpha value is -2.37. The van der Waals surface area contributed by atoms with Crippen molar-refractivity contribution in [1.82, 2.24) is 9.80 Å². The number of likely N-dealkylation sites (tertiary alicyclic amines) is 2. The van der Waals surface area contributed by atoms with E-state index in [0.29, 0.717) is 25.9 Å². The van der Waals surface area contributed by atoms with Crippen LogP contribution < -0.4 is 0 Å². The fourth-order valence-electron chi connectivity index (χ4n) is 3.45. The van der Waals surface area contributed by atoms with E-state index < -0.39 is 6.04 Å². The van der Waals surface area contributed by atoms with Gasteiger partial charge in [-0.25, -0.2) is 4.79 Å². The number of amides is 2. The molecule has 2 fully saturated rings. The maximum atomic E-state index is 12.5. The first-order chi connectivity index (χ1) is 12.1. The third-order valence-corrected chi connectivity index (χ3v) is 4.84. The molecule has 0 spiro atoms. The van der Waals surface area contributed by atoms with Crippen LogP contribution in [0.2, 0.25) is 0 Å². The molecule has 2 aliphatic heterocycles. The molecule has 1 atom stereocenters. The first-order valence-electron chi connectivity index (χ1n) is 8.93. The molecule has 0 unspecified atom stereocenters. The monoisotopic (exact) mass is 344 g/mol. The molecular weight excluding hydrogens is 320 g/mol. The van der Waals surface area contributed by atoms with Crippen LogP contribution in [0.3, 0.4) is 0 Å². The van der Waals surface area contributed by atoms with Crippen LogP contribution in [0.1, 0.15) is 37.7 Å². The number of benzene rings is 1. The van der Waals surface area contributed by atoms with E-state index in [1.54, 1.807) is 9.80 Å². The zero-order chi connectivity index (χ0) is 17.6. The number of carbonyl (C=O) groups excluding carboxylic acids is 3. The van der Waals surface area contributed by atoms with E-state index in [0.717, 1.165) is 24.9 Å². The lowest BCUT2D eigenvalue weighted by molar-refractivity contribution is -0.154. The van der Waals surface area contributed by atoms with Gasteiger partial charge in [-0.3, -0.25) is 9.59 Å². The molecule has 25 heavy (non-hydrogen) atoms. The molecule has 6 nitrogen and oxygen atoms in total. The molecule has 1 aromatic carbocycles. The Balaban J connectivity index is 1.49. The van der Waals surface area contributed by atoms with Gasteiger partial charge in [-0.2, -0.15) is 0 Å². The van der Waals surface area contributed by atoms with Crippen LogP contribution in [0, 0.1) is 0 Å². The van der Waals surface area contributed by atoms with Crippen molar-refractivity contribution in [3.8, 4) is 0 Å². The second-order valence-electron chi connectivity index (χ2n) is 6.57. The predicted octanol–water partition coefficient (Wildman–Crippen LogP) is 1.73. The minimum Gasteiger partial charge on any atom is -0.459 e. The van der Waals surface area contributed by atoms with Gasteiger partial charge in [0.1, 0.15) is 12.6 Å². The van der Waals surface area contributed by atoms with E-state index in [1.165, 1.54) is 0 Å². The summed E-state index contributed by atoms with van der Waals surface area (Å²) < 4.78 is 5.39. The van der Waals surface area contributed by atoms with Gasteiger partial charge in [-0.1, -0.05) is 30.3 Å². The Morgan fingerprint density at radius 2 is 1.92 bits per heavy atom. The summed E-state index contributed by atoms with van der Waals surface area (Å²) >= 11 is 0. The van der Waals surface area contributed by atoms with Gasteiger partial charge in [0, 0.05) is 32.5 Å². The van der Waals surface area contributed by atoms with Crippen molar-refractivity contribution in [3.05, 3.63) is 35.9 Å². The number of hydrogen-bond donors (Lipinski definition) is 0. The predicted molar refractivity (Wildman–Crippen MR) is 91.4 cm³/mol. The van der Waals surface area contributed by atoms with Gasteiger partial charge in [-0.15, -0.1) is 0 Å². The first kappa shape index (κ1) is 17.5. The summed E-state index contributed by atoms with van der Waals surface area (Å²) in [4.78, 5) is 39.8. The quantitative estimate of drug-likeness (QED) is 0.737. The SMILES string of the molecule is O=C(OCc1ccccc1)[C@H]1CCCN1C(=O)CCN1CCCC1=O. The van der Waals surface area contributed by atoms with Crippen LogP contribution in [0.25, 0.3) is 0 Å². The molecule has 134 valence electrons. The highest BCUT2D eigenvalue weighted by atomic mass is 16.5. The maximum Gasteiger partial charge on any atom is 0.329 e. The summed E-state index contributed by atoms with van der Waals surface area (Å²) in [5.74, 6) is -0.293. The van der Waals surface area contributed by atoms with Gasteiger partial charge >= 0.3 is 5.97 Å². The Bertz CT molecular complexity index is 632. The van der Waals surface area contributed by atoms with Crippen molar-refractivity contribution in [1.29, 1.82) is 0 Å². The molecule has 2 heterocycles. The largest absolute Gasteiger partial charge is 0.459 e. The summed E-state index contributed by atoms with van der Waals surface area (Å²) in [6.45, 7) is 1.98. The highest BCUT2D eigenvalue weighted by Crippen LogP contribution is 2.21. The molecule has 0 aliphatic carbocycles. The van der Waals surface area contributed by atoms with E-state index in [4.69, 9.17) is 4.74 Å². The summed E-state index contributed by atoms with van der Waals surface area (Å²) in [7, 11) is 0. The average molecular weight is 344 g/mol. The maximum absolute atomic E-state index is 12.5. The highest BCUT2D eigenvalue weighted by molar-refractivity contribution is 5.86. The van der Waals surface area contributed by atoms with Crippen LogP contribution in [0.4, 0.5) is 0 Å². The summed E-state index contributed by atoms with van der Waals surface area (Å²) in [6.07, 6.45) is 3.16. The van der Waals surface area contributed by atoms with Gasteiger partial charge < -0.3 is 14.5 Å². The number of rotatable bonds is 6. The zero-order valence-electron chi connectivity index (χ0n) is 14.4. The summed E-state index contributed by atoms with van der Waals surface area (Å²) in [5.41, 5.74) is 0.930. The molecule has 2 amide bonds.